The Labute approximate surface area is 423 Å². The maximum atomic E-state index is 6.57. The van der Waals surface area contributed by atoms with Crippen LogP contribution in [-0.4, -0.2) is 6.71 Å². The van der Waals surface area contributed by atoms with Gasteiger partial charge in [0.05, 0.1) is 0 Å². The van der Waals surface area contributed by atoms with E-state index in [1.807, 2.05) is 6.07 Å². The number of anilines is 6. The van der Waals surface area contributed by atoms with Gasteiger partial charge in [0.15, 0.2) is 0 Å². The molecule has 3 nitrogen and oxygen atoms in total. The largest absolute Gasteiger partial charge is 0.455 e. The first-order valence-electron chi connectivity index (χ1n) is 25.4. The fourth-order valence-electron chi connectivity index (χ4n) is 12.1. The van der Waals surface area contributed by atoms with Gasteiger partial charge in [-0.1, -0.05) is 172 Å². The molecule has 0 saturated carbocycles. The van der Waals surface area contributed by atoms with Crippen molar-refractivity contribution in [3.63, 3.8) is 0 Å². The van der Waals surface area contributed by atoms with Gasteiger partial charge < -0.3 is 14.2 Å². The van der Waals surface area contributed by atoms with E-state index in [2.05, 4.69) is 258 Å². The number of hydrogen-bond donors (Lipinski definition) is 0. The van der Waals surface area contributed by atoms with Crippen molar-refractivity contribution in [1.82, 2.24) is 0 Å². The van der Waals surface area contributed by atoms with Gasteiger partial charge in [-0.25, -0.2) is 0 Å². The maximum absolute atomic E-state index is 6.57. The molecule has 0 spiro atoms. The third kappa shape index (κ3) is 6.95. The van der Waals surface area contributed by atoms with Crippen LogP contribution >= 0.6 is 0 Å². The SMILES string of the molecule is Cc1cccc(C)c1-c1ccc2c(c1)N(c1ccc(-c3ccccc3)cc1)c1cc(-c3c(C)cccc3C)cc3c1B2c1ccc(C(C)(C)C)cc1N3c1ccc(-c2cccc3c2oc2ccccc23)cc1. The van der Waals surface area contributed by atoms with Crippen LogP contribution in [0.4, 0.5) is 34.1 Å². The Kier molecular flexibility index (Phi) is 10.1. The Balaban J connectivity index is 1.09. The van der Waals surface area contributed by atoms with E-state index in [9.17, 15) is 0 Å². The molecule has 0 saturated heterocycles. The number of rotatable bonds is 6. The molecule has 346 valence electrons. The van der Waals surface area contributed by atoms with E-state index < -0.39 is 0 Å². The zero-order valence-corrected chi connectivity index (χ0v) is 42.0. The number of aryl methyl sites for hydroxylation is 4. The van der Waals surface area contributed by atoms with Gasteiger partial charge in [0, 0.05) is 50.5 Å². The predicted octanol–water partition coefficient (Wildman–Crippen LogP) is 16.9. The van der Waals surface area contributed by atoms with Crippen molar-refractivity contribution < 1.29 is 4.42 Å². The highest BCUT2D eigenvalue weighted by Crippen LogP contribution is 2.49. The molecule has 0 unspecified atom stereocenters. The summed E-state index contributed by atoms with van der Waals surface area (Å²) in [5.74, 6) is 0. The summed E-state index contributed by atoms with van der Waals surface area (Å²) >= 11 is 0. The summed E-state index contributed by atoms with van der Waals surface area (Å²) in [5, 5.41) is 2.27. The highest BCUT2D eigenvalue weighted by Gasteiger charge is 2.44. The van der Waals surface area contributed by atoms with E-state index in [0.29, 0.717) is 0 Å². The average molecular weight is 927 g/mol. The summed E-state index contributed by atoms with van der Waals surface area (Å²) in [5.41, 5.74) is 28.6. The Morgan fingerprint density at radius 3 is 1.50 bits per heavy atom. The maximum Gasteiger partial charge on any atom is 0.252 e. The minimum absolute atomic E-state index is 0.0332. The molecule has 2 aliphatic heterocycles. The summed E-state index contributed by atoms with van der Waals surface area (Å²) in [7, 11) is 0. The normalized spacial score (nSPS) is 12.8. The molecular formula is C68H55BN2O. The van der Waals surface area contributed by atoms with Crippen LogP contribution in [0, 0.1) is 27.7 Å². The minimum atomic E-state index is -0.0745. The zero-order chi connectivity index (χ0) is 49.0. The Hall–Kier alpha value is -8.34. The van der Waals surface area contributed by atoms with Crippen LogP contribution in [0.5, 0.6) is 0 Å². The first-order valence-corrected chi connectivity index (χ1v) is 25.4. The zero-order valence-electron chi connectivity index (χ0n) is 42.0. The van der Waals surface area contributed by atoms with Crippen LogP contribution in [0.15, 0.2) is 211 Å². The van der Waals surface area contributed by atoms with Crippen LogP contribution in [0.1, 0.15) is 48.6 Å². The lowest BCUT2D eigenvalue weighted by molar-refractivity contribution is 0.590. The molecule has 0 fully saturated rings. The van der Waals surface area contributed by atoms with Gasteiger partial charge in [-0.05, 0) is 171 Å². The van der Waals surface area contributed by atoms with Crippen LogP contribution < -0.4 is 26.2 Å². The molecule has 10 aromatic carbocycles. The van der Waals surface area contributed by atoms with E-state index in [1.54, 1.807) is 0 Å². The highest BCUT2D eigenvalue weighted by molar-refractivity contribution is 7.00. The second-order valence-electron chi connectivity index (χ2n) is 21.1. The predicted molar refractivity (Wildman–Crippen MR) is 307 cm³/mol. The summed E-state index contributed by atoms with van der Waals surface area (Å²) in [6, 6.07) is 76.9. The van der Waals surface area contributed by atoms with Crippen LogP contribution in [0.2, 0.25) is 0 Å². The molecule has 13 rings (SSSR count). The summed E-state index contributed by atoms with van der Waals surface area (Å²) in [6.45, 7) is 15.9. The third-order valence-corrected chi connectivity index (χ3v) is 15.6. The van der Waals surface area contributed by atoms with Crippen molar-refractivity contribution in [2.75, 3.05) is 9.80 Å². The molecule has 0 atom stereocenters. The lowest BCUT2D eigenvalue weighted by Gasteiger charge is -2.45. The van der Waals surface area contributed by atoms with Gasteiger partial charge in [0.25, 0.3) is 6.71 Å². The van der Waals surface area contributed by atoms with Gasteiger partial charge in [0.2, 0.25) is 0 Å². The van der Waals surface area contributed by atoms with Crippen molar-refractivity contribution in [3.05, 3.63) is 234 Å². The second-order valence-corrected chi connectivity index (χ2v) is 21.1. The van der Waals surface area contributed by atoms with Gasteiger partial charge in [-0.2, -0.15) is 0 Å². The molecular weight excluding hydrogens is 872 g/mol. The highest BCUT2D eigenvalue weighted by atomic mass is 16.3. The number of benzene rings is 10. The second kappa shape index (κ2) is 16.6. The van der Waals surface area contributed by atoms with Crippen molar-refractivity contribution in [2.24, 2.45) is 0 Å². The standard InChI is InChI=1S/C68H55BN2O/c1-42-16-13-17-43(2)64(42)49-30-36-57-59(38-49)70(52-32-26-47(27-33-52)46-20-9-8-10-21-46)61-39-50(65-44(3)18-14-19-45(65)4)40-62-66(61)69(57)58-37-31-51(68(5,6)7)41-60(58)71(62)53-34-28-48(29-35-53)54-23-15-24-56-55-22-11-12-25-63(55)72-67(54)56/h8-41H,1-7H3. The molecule has 0 amide bonds. The number of furan rings is 1. The fraction of sp³-hybridized carbons (Fsp3) is 0.118. The van der Waals surface area contributed by atoms with Crippen LogP contribution in [0.3, 0.4) is 0 Å². The molecule has 0 N–H and O–H groups in total. The Morgan fingerprint density at radius 2 is 0.875 bits per heavy atom. The van der Waals surface area contributed by atoms with E-state index in [-0.39, 0.29) is 12.1 Å². The van der Waals surface area contributed by atoms with Crippen LogP contribution in [-0.2, 0) is 5.41 Å². The smallest absolute Gasteiger partial charge is 0.252 e. The van der Waals surface area contributed by atoms with E-state index >= 15 is 0 Å². The van der Waals surface area contributed by atoms with E-state index in [4.69, 9.17) is 4.42 Å². The summed E-state index contributed by atoms with van der Waals surface area (Å²) in [4.78, 5) is 5.13. The summed E-state index contributed by atoms with van der Waals surface area (Å²) in [6.07, 6.45) is 0. The molecule has 1 aromatic heterocycles. The van der Waals surface area contributed by atoms with Gasteiger partial charge >= 0.3 is 0 Å². The Morgan fingerprint density at radius 1 is 0.389 bits per heavy atom. The van der Waals surface area contributed by atoms with Gasteiger partial charge in [0.1, 0.15) is 11.2 Å². The summed E-state index contributed by atoms with van der Waals surface area (Å²) < 4.78 is 6.57. The lowest BCUT2D eigenvalue weighted by Crippen LogP contribution is -2.61. The first kappa shape index (κ1) is 43.7. The topological polar surface area (TPSA) is 19.6 Å². The first-order chi connectivity index (χ1) is 35.0. The van der Waals surface area contributed by atoms with Crippen LogP contribution in [0.25, 0.3) is 66.4 Å². The van der Waals surface area contributed by atoms with Crippen molar-refractivity contribution in [2.45, 2.75) is 53.9 Å². The van der Waals surface area contributed by atoms with Crippen molar-refractivity contribution in [1.29, 1.82) is 0 Å². The quantitative estimate of drug-likeness (QED) is 0.155. The molecule has 2 aliphatic rings. The van der Waals surface area contributed by atoms with Gasteiger partial charge in [-0.15, -0.1) is 0 Å². The van der Waals surface area contributed by atoms with Crippen molar-refractivity contribution in [3.8, 4) is 44.5 Å². The molecule has 0 aliphatic carbocycles. The Bertz CT molecular complexity index is 3910. The monoisotopic (exact) mass is 926 g/mol. The molecule has 11 aromatic rings. The number of para-hydroxylation sites is 2. The number of nitrogens with zero attached hydrogens (tertiary/aromatic N) is 2. The molecule has 3 heterocycles. The van der Waals surface area contributed by atoms with E-state index in [0.717, 1.165) is 44.4 Å². The number of fused-ring (bicyclic) bond motifs is 7. The minimum Gasteiger partial charge on any atom is -0.455 e. The molecule has 4 heteroatoms. The molecule has 0 bridgehead atoms. The third-order valence-electron chi connectivity index (χ3n) is 15.6. The van der Waals surface area contributed by atoms with Crippen molar-refractivity contribution >= 4 is 79.2 Å². The fourth-order valence-corrected chi connectivity index (χ4v) is 12.1. The average Bonchev–Trinajstić information content (AvgIpc) is 3.78. The number of hydrogen-bond acceptors (Lipinski definition) is 3. The van der Waals surface area contributed by atoms with Gasteiger partial charge in [-0.3, -0.25) is 0 Å². The van der Waals surface area contributed by atoms with E-state index in [1.165, 1.54) is 100 Å². The molecule has 72 heavy (non-hydrogen) atoms. The molecule has 0 radical (unpaired) electrons. The lowest BCUT2D eigenvalue weighted by atomic mass is 9.33.